The van der Waals surface area contributed by atoms with Crippen molar-refractivity contribution in [1.29, 1.82) is 0 Å². The van der Waals surface area contributed by atoms with Gasteiger partial charge in [0.2, 0.25) is 0 Å². The number of rotatable bonds is 14. The second kappa shape index (κ2) is 18.0. The number of hydrogen-bond acceptors (Lipinski definition) is 12. The molecule has 6 aromatic rings. The number of aromatic nitrogens is 6. The van der Waals surface area contributed by atoms with Gasteiger partial charge in [0.15, 0.2) is 5.43 Å². The van der Waals surface area contributed by atoms with Crippen molar-refractivity contribution < 1.29 is 19.4 Å². The third kappa shape index (κ3) is 8.66. The van der Waals surface area contributed by atoms with Crippen LogP contribution in [-0.4, -0.2) is 55.9 Å². The number of nitrogens with zero attached hydrogens (tertiary/aromatic N) is 8. The van der Waals surface area contributed by atoms with E-state index in [-0.39, 0.29) is 29.8 Å². The third-order valence-corrected chi connectivity index (χ3v) is 11.9. The summed E-state index contributed by atoms with van der Waals surface area (Å²) in [6, 6.07) is 15.1. The maximum Gasteiger partial charge on any atom is 0.336 e. The monoisotopic (exact) mass is 840 g/mol. The number of phenolic OH excluding ortho intramolecular Hbond substituents is 1. The van der Waals surface area contributed by atoms with E-state index in [9.17, 15) is 19.8 Å². The quantitative estimate of drug-likeness (QED) is 0.0999. The molecule has 318 valence electrons. The molecule has 0 amide bonds. The number of phenols is 1. The van der Waals surface area contributed by atoms with Gasteiger partial charge in [-0.3, -0.25) is 44.5 Å². The van der Waals surface area contributed by atoms with E-state index in [1.165, 1.54) is 0 Å². The molecule has 0 fully saturated rings. The molecule has 13 heteroatoms. The lowest BCUT2D eigenvalue weighted by molar-refractivity contribution is 0.0696. The fraction of sp³-hybridized carbons (Fsp3) is 0.240. The Balaban J connectivity index is 1.43. The molecular weight excluding hydrogens is 793 g/mol. The van der Waals surface area contributed by atoms with Gasteiger partial charge in [-0.15, -0.1) is 0 Å². The molecule has 0 unspecified atom stereocenters. The van der Waals surface area contributed by atoms with Crippen LogP contribution < -0.4 is 5.43 Å². The van der Waals surface area contributed by atoms with Crippen LogP contribution >= 0.6 is 0 Å². The summed E-state index contributed by atoms with van der Waals surface area (Å²) in [7, 11) is 0. The van der Waals surface area contributed by atoms with Gasteiger partial charge in [-0.05, 0) is 111 Å². The lowest BCUT2D eigenvalue weighted by Gasteiger charge is -2.28. The van der Waals surface area contributed by atoms with Crippen molar-refractivity contribution in [3.8, 4) is 28.2 Å². The summed E-state index contributed by atoms with van der Waals surface area (Å²) in [6.07, 6.45) is 13.4. The van der Waals surface area contributed by atoms with Crippen molar-refractivity contribution in [2.24, 2.45) is 0 Å². The Morgan fingerprint density at radius 3 is 1.67 bits per heavy atom. The third-order valence-electron chi connectivity index (χ3n) is 11.9. The number of aromatic hydroxyl groups is 1. The number of carboxylic acids is 1. The topological polar surface area (TPSA) is 172 Å². The van der Waals surface area contributed by atoms with Crippen LogP contribution in [0.3, 0.4) is 0 Å². The van der Waals surface area contributed by atoms with E-state index in [4.69, 9.17) is 4.42 Å². The minimum absolute atomic E-state index is 0.0172. The van der Waals surface area contributed by atoms with Gasteiger partial charge in [-0.1, -0.05) is 12.1 Å². The molecular formula is C50H48N8O5. The molecule has 13 nitrogen and oxygen atoms in total. The SMILES string of the molecule is Cc1cc2c(-c3c(C)c(C)c(C)c(C)c3C(=O)O)c3cc(C)c(=O)c(CN(Cc4ccccn4)Cc4cnccn4)c-3oc2c(CN(Cc2ccccn2)Cc2cnccn2)c1O. The van der Waals surface area contributed by atoms with E-state index in [0.717, 1.165) is 28.1 Å². The molecule has 2 aromatic carbocycles. The number of fused-ring (bicyclic) bond motifs is 2. The Morgan fingerprint density at radius 1 is 0.603 bits per heavy atom. The first-order valence-electron chi connectivity index (χ1n) is 20.7. The van der Waals surface area contributed by atoms with Crippen molar-refractivity contribution >= 4 is 16.9 Å². The van der Waals surface area contributed by atoms with Crippen LogP contribution in [-0.2, 0) is 39.3 Å². The van der Waals surface area contributed by atoms with Crippen molar-refractivity contribution in [2.45, 2.75) is 80.8 Å². The zero-order valence-electron chi connectivity index (χ0n) is 36.2. The zero-order chi connectivity index (χ0) is 44.4. The highest BCUT2D eigenvalue weighted by Gasteiger charge is 2.32. The second-order valence-corrected chi connectivity index (χ2v) is 16.1. The van der Waals surface area contributed by atoms with Crippen LogP contribution in [0, 0.1) is 41.5 Å². The predicted octanol–water partition coefficient (Wildman–Crippen LogP) is 8.59. The molecule has 2 N–H and O–H groups in total. The molecule has 0 atom stereocenters. The van der Waals surface area contributed by atoms with Gasteiger partial charge in [0.05, 0.1) is 39.5 Å². The highest BCUT2D eigenvalue weighted by molar-refractivity contribution is 6.10. The summed E-state index contributed by atoms with van der Waals surface area (Å²) in [5, 5.41) is 23.8. The van der Waals surface area contributed by atoms with E-state index in [1.807, 2.05) is 83.1 Å². The van der Waals surface area contributed by atoms with Crippen LogP contribution in [0.2, 0.25) is 0 Å². The lowest BCUT2D eigenvalue weighted by Crippen LogP contribution is -2.28. The van der Waals surface area contributed by atoms with E-state index in [0.29, 0.717) is 98.8 Å². The average molecular weight is 841 g/mol. The fourth-order valence-corrected chi connectivity index (χ4v) is 8.52. The maximum atomic E-state index is 14.7. The van der Waals surface area contributed by atoms with E-state index in [2.05, 4.69) is 39.7 Å². The number of aryl methyl sites for hydroxylation is 2. The fourth-order valence-electron chi connectivity index (χ4n) is 8.52. The molecule has 2 aliphatic rings. The van der Waals surface area contributed by atoms with Gasteiger partial charge in [-0.2, -0.15) is 0 Å². The highest BCUT2D eigenvalue weighted by Crippen LogP contribution is 2.48. The maximum absolute atomic E-state index is 14.7. The minimum Gasteiger partial charge on any atom is -0.507 e. The van der Waals surface area contributed by atoms with Crippen molar-refractivity contribution in [3.63, 3.8) is 0 Å². The van der Waals surface area contributed by atoms with E-state index in [1.54, 1.807) is 56.5 Å². The summed E-state index contributed by atoms with van der Waals surface area (Å²) < 4.78 is 7.12. The first-order chi connectivity index (χ1) is 30.4. The molecule has 0 spiro atoms. The minimum atomic E-state index is -1.07. The van der Waals surface area contributed by atoms with Gasteiger partial charge >= 0.3 is 5.97 Å². The summed E-state index contributed by atoms with van der Waals surface area (Å²) in [5.41, 5.74) is 10.2. The standard InChI is InChI=1S/C50H48N8O5/c1-29-19-39-45(43-33(5)31(3)32(4)34(6)44(43)50(61)62)40-20-30(2)47(60)42(28-58(24-36-12-8-10-14-54-36)26-38-22-52-16-18-56-38)49(40)63-48(39)41(46(29)59)27-57(23-35-11-7-9-13-53-35)25-37-21-51-15-17-55-37/h7-22,59H,23-28H2,1-6H3,(H,61,62). The Bertz CT molecular complexity index is 2900. The molecule has 5 heterocycles. The van der Waals surface area contributed by atoms with Crippen LogP contribution in [0.5, 0.6) is 5.75 Å². The summed E-state index contributed by atoms with van der Waals surface area (Å²) in [6.45, 7) is 13.1. The van der Waals surface area contributed by atoms with Gasteiger partial charge < -0.3 is 14.6 Å². The molecule has 0 bridgehead atoms. The number of carbonyl (C=O) groups is 1. The Morgan fingerprint density at radius 2 is 1.14 bits per heavy atom. The molecule has 0 radical (unpaired) electrons. The first kappa shape index (κ1) is 42.5. The number of carboxylic acid groups (broad SMARTS) is 1. The predicted molar refractivity (Wildman–Crippen MR) is 240 cm³/mol. The molecule has 0 saturated carbocycles. The van der Waals surface area contributed by atoms with Gasteiger partial charge in [-0.25, -0.2) is 4.79 Å². The van der Waals surface area contributed by atoms with Gasteiger partial charge in [0.25, 0.3) is 0 Å². The van der Waals surface area contributed by atoms with Crippen molar-refractivity contribution in [2.75, 3.05) is 0 Å². The summed E-state index contributed by atoms with van der Waals surface area (Å²) in [5.74, 6) is -0.761. The smallest absolute Gasteiger partial charge is 0.336 e. The molecule has 1 aliphatic heterocycles. The van der Waals surface area contributed by atoms with Crippen molar-refractivity contribution in [3.05, 3.63) is 181 Å². The highest BCUT2D eigenvalue weighted by atomic mass is 16.4. The number of pyridine rings is 2. The Labute approximate surface area is 365 Å². The van der Waals surface area contributed by atoms with Crippen LogP contribution in [0.1, 0.15) is 77.6 Å². The van der Waals surface area contributed by atoms with Gasteiger partial charge in [0, 0.05) is 111 Å². The summed E-state index contributed by atoms with van der Waals surface area (Å²) >= 11 is 0. The Hall–Kier alpha value is -7.22. The molecule has 8 rings (SSSR count). The zero-order valence-corrected chi connectivity index (χ0v) is 36.2. The molecule has 4 aromatic heterocycles. The van der Waals surface area contributed by atoms with E-state index < -0.39 is 5.97 Å². The van der Waals surface area contributed by atoms with Gasteiger partial charge in [0.1, 0.15) is 17.1 Å². The average Bonchev–Trinajstić information content (AvgIpc) is 3.28. The molecule has 1 aliphatic carbocycles. The number of benzene rings is 3. The second-order valence-electron chi connectivity index (χ2n) is 16.1. The Kier molecular flexibility index (Phi) is 12.1. The van der Waals surface area contributed by atoms with Crippen LogP contribution in [0.25, 0.3) is 33.4 Å². The molecule has 0 saturated heterocycles. The summed E-state index contributed by atoms with van der Waals surface area (Å²) in [4.78, 5) is 59.3. The normalized spacial score (nSPS) is 11.6. The van der Waals surface area contributed by atoms with Crippen molar-refractivity contribution in [1.82, 2.24) is 39.7 Å². The van der Waals surface area contributed by atoms with Crippen LogP contribution in [0.4, 0.5) is 0 Å². The lowest BCUT2D eigenvalue weighted by atomic mass is 9.81. The number of aromatic carboxylic acids is 1. The van der Waals surface area contributed by atoms with E-state index >= 15 is 0 Å². The number of hydrogen-bond donors (Lipinski definition) is 2. The van der Waals surface area contributed by atoms with Crippen LogP contribution in [0.15, 0.2) is 107 Å². The largest absolute Gasteiger partial charge is 0.507 e. The first-order valence-corrected chi connectivity index (χ1v) is 20.7. The molecule has 63 heavy (non-hydrogen) atoms.